The zero-order valence-corrected chi connectivity index (χ0v) is 11.9. The maximum absolute atomic E-state index is 5.89. The van der Waals surface area contributed by atoms with E-state index in [1.165, 1.54) is 12.7 Å². The SMILES string of the molecule is Cl.Clc1ccc(-n2cccc2/C=N/n2cnnc2)cc1. The summed E-state index contributed by atoms with van der Waals surface area (Å²) in [4.78, 5) is 0. The summed E-state index contributed by atoms with van der Waals surface area (Å²) in [5.41, 5.74) is 1.98. The summed E-state index contributed by atoms with van der Waals surface area (Å²) in [5, 5.41) is 12.3. The van der Waals surface area contributed by atoms with E-state index in [1.54, 1.807) is 10.9 Å². The Bertz CT molecular complexity index is 686. The molecule has 0 spiro atoms. The van der Waals surface area contributed by atoms with Crippen molar-refractivity contribution < 1.29 is 0 Å². The highest BCUT2D eigenvalue weighted by atomic mass is 35.5. The molecule has 0 bridgehead atoms. The topological polar surface area (TPSA) is 48.0 Å². The highest BCUT2D eigenvalue weighted by Gasteiger charge is 2.01. The van der Waals surface area contributed by atoms with Crippen molar-refractivity contribution in [3.8, 4) is 5.69 Å². The van der Waals surface area contributed by atoms with Crippen LogP contribution in [0.15, 0.2) is 60.4 Å². The fourth-order valence-corrected chi connectivity index (χ4v) is 1.84. The summed E-state index contributed by atoms with van der Waals surface area (Å²) in [6, 6.07) is 11.6. The van der Waals surface area contributed by atoms with E-state index in [9.17, 15) is 0 Å². The number of rotatable bonds is 3. The van der Waals surface area contributed by atoms with Gasteiger partial charge in [-0.2, -0.15) is 5.10 Å². The van der Waals surface area contributed by atoms with Gasteiger partial charge in [-0.3, -0.25) is 0 Å². The van der Waals surface area contributed by atoms with Crippen LogP contribution in [0.2, 0.25) is 5.02 Å². The fourth-order valence-electron chi connectivity index (χ4n) is 1.72. The molecule has 102 valence electrons. The highest BCUT2D eigenvalue weighted by molar-refractivity contribution is 6.30. The zero-order valence-electron chi connectivity index (χ0n) is 10.3. The van der Waals surface area contributed by atoms with E-state index in [2.05, 4.69) is 15.3 Å². The van der Waals surface area contributed by atoms with Crippen LogP contribution >= 0.6 is 24.0 Å². The van der Waals surface area contributed by atoms with Crippen LogP contribution in [0.5, 0.6) is 0 Å². The minimum absolute atomic E-state index is 0. The van der Waals surface area contributed by atoms with Gasteiger partial charge in [-0.25, -0.2) is 4.68 Å². The van der Waals surface area contributed by atoms with E-state index >= 15 is 0 Å². The molecular formula is C13H11Cl2N5. The lowest BCUT2D eigenvalue weighted by molar-refractivity contribution is 0.875. The maximum atomic E-state index is 5.89. The van der Waals surface area contributed by atoms with Crippen molar-refractivity contribution in [2.24, 2.45) is 5.10 Å². The minimum Gasteiger partial charge on any atom is -0.316 e. The van der Waals surface area contributed by atoms with E-state index in [-0.39, 0.29) is 12.4 Å². The molecule has 2 aromatic heterocycles. The predicted molar refractivity (Wildman–Crippen MR) is 81.0 cm³/mol. The molecule has 3 rings (SSSR count). The summed E-state index contributed by atoms with van der Waals surface area (Å²) in [5.74, 6) is 0. The predicted octanol–water partition coefficient (Wildman–Crippen LogP) is 3.03. The van der Waals surface area contributed by atoms with Crippen LogP contribution in [-0.2, 0) is 0 Å². The maximum Gasteiger partial charge on any atom is 0.141 e. The van der Waals surface area contributed by atoms with E-state index in [1.807, 2.05) is 47.2 Å². The van der Waals surface area contributed by atoms with Crippen LogP contribution in [0.4, 0.5) is 0 Å². The molecule has 0 radical (unpaired) electrons. The van der Waals surface area contributed by atoms with Gasteiger partial charge in [-0.05, 0) is 36.4 Å². The van der Waals surface area contributed by atoms with Gasteiger partial charge in [0.05, 0.1) is 11.9 Å². The summed E-state index contributed by atoms with van der Waals surface area (Å²) in [7, 11) is 0. The Balaban J connectivity index is 0.00000147. The van der Waals surface area contributed by atoms with Crippen LogP contribution in [-0.4, -0.2) is 25.7 Å². The standard InChI is InChI=1S/C13H10ClN5.ClH/c14-11-3-5-12(6-4-11)19-7-1-2-13(19)8-17-18-9-15-16-10-18;/h1-10H;1H/b17-8+;. The molecule has 0 unspecified atom stereocenters. The van der Waals surface area contributed by atoms with Gasteiger partial charge < -0.3 is 4.57 Å². The Morgan fingerprint density at radius 2 is 1.75 bits per heavy atom. The lowest BCUT2D eigenvalue weighted by atomic mass is 10.3. The van der Waals surface area contributed by atoms with E-state index in [0.29, 0.717) is 0 Å². The van der Waals surface area contributed by atoms with Crippen molar-refractivity contribution in [1.29, 1.82) is 0 Å². The molecule has 0 amide bonds. The molecule has 0 saturated carbocycles. The largest absolute Gasteiger partial charge is 0.316 e. The van der Waals surface area contributed by atoms with Crippen LogP contribution in [0.3, 0.4) is 0 Å². The fraction of sp³-hybridized carbons (Fsp3) is 0. The van der Waals surface area contributed by atoms with Gasteiger partial charge in [0.1, 0.15) is 12.7 Å². The van der Waals surface area contributed by atoms with Crippen molar-refractivity contribution in [1.82, 2.24) is 19.4 Å². The molecule has 0 aliphatic heterocycles. The van der Waals surface area contributed by atoms with Crippen molar-refractivity contribution in [3.05, 3.63) is 66.0 Å². The van der Waals surface area contributed by atoms with Crippen molar-refractivity contribution >= 4 is 30.2 Å². The minimum atomic E-state index is 0. The van der Waals surface area contributed by atoms with Gasteiger partial charge in [-0.1, -0.05) is 11.6 Å². The Hall–Kier alpha value is -2.11. The highest BCUT2D eigenvalue weighted by Crippen LogP contribution is 2.15. The van der Waals surface area contributed by atoms with Crippen LogP contribution in [0.25, 0.3) is 5.69 Å². The molecule has 7 heteroatoms. The van der Waals surface area contributed by atoms with Gasteiger partial charge >= 0.3 is 0 Å². The zero-order chi connectivity index (χ0) is 13.1. The number of halogens is 2. The normalized spacial score (nSPS) is 10.7. The number of hydrogen-bond donors (Lipinski definition) is 0. The summed E-state index contributed by atoms with van der Waals surface area (Å²) < 4.78 is 3.56. The van der Waals surface area contributed by atoms with E-state index < -0.39 is 0 Å². The van der Waals surface area contributed by atoms with Gasteiger partial charge in [0, 0.05) is 16.9 Å². The molecule has 0 N–H and O–H groups in total. The molecule has 0 aliphatic carbocycles. The number of nitrogens with zero attached hydrogens (tertiary/aromatic N) is 5. The van der Waals surface area contributed by atoms with E-state index in [4.69, 9.17) is 11.6 Å². The van der Waals surface area contributed by atoms with Crippen molar-refractivity contribution in [3.63, 3.8) is 0 Å². The Labute approximate surface area is 126 Å². The first-order valence-corrected chi connectivity index (χ1v) is 6.03. The van der Waals surface area contributed by atoms with Crippen LogP contribution < -0.4 is 0 Å². The molecule has 20 heavy (non-hydrogen) atoms. The molecule has 5 nitrogen and oxygen atoms in total. The molecule has 0 fully saturated rings. The Kier molecular flexibility index (Phi) is 4.55. The lowest BCUT2D eigenvalue weighted by Crippen LogP contribution is -1.98. The molecule has 3 aromatic rings. The molecule has 0 saturated heterocycles. The Morgan fingerprint density at radius 1 is 1.05 bits per heavy atom. The first-order chi connectivity index (χ1) is 9.33. The second-order valence-electron chi connectivity index (χ2n) is 3.87. The van der Waals surface area contributed by atoms with Crippen LogP contribution in [0.1, 0.15) is 5.69 Å². The summed E-state index contributed by atoms with van der Waals surface area (Å²) in [6.07, 6.45) is 6.78. The second-order valence-corrected chi connectivity index (χ2v) is 4.30. The average Bonchev–Trinajstić information content (AvgIpc) is 3.08. The third-order valence-electron chi connectivity index (χ3n) is 2.61. The number of hydrogen-bond acceptors (Lipinski definition) is 3. The molecule has 0 aliphatic rings. The van der Waals surface area contributed by atoms with Crippen LogP contribution in [0, 0.1) is 0 Å². The first kappa shape index (κ1) is 14.3. The van der Waals surface area contributed by atoms with Crippen molar-refractivity contribution in [2.75, 3.05) is 0 Å². The van der Waals surface area contributed by atoms with Gasteiger partial charge in [0.15, 0.2) is 0 Å². The quantitative estimate of drug-likeness (QED) is 0.698. The molecular weight excluding hydrogens is 297 g/mol. The van der Waals surface area contributed by atoms with Gasteiger partial charge in [-0.15, -0.1) is 22.6 Å². The van der Waals surface area contributed by atoms with Gasteiger partial charge in [0.2, 0.25) is 0 Å². The summed E-state index contributed by atoms with van der Waals surface area (Å²) in [6.45, 7) is 0. The molecule has 0 atom stereocenters. The average molecular weight is 308 g/mol. The number of benzene rings is 1. The second kappa shape index (κ2) is 6.36. The third kappa shape index (κ3) is 3.07. The number of aromatic nitrogens is 4. The third-order valence-corrected chi connectivity index (χ3v) is 2.87. The monoisotopic (exact) mass is 307 g/mol. The Morgan fingerprint density at radius 3 is 2.45 bits per heavy atom. The molecule has 1 aromatic carbocycles. The molecule has 2 heterocycles. The van der Waals surface area contributed by atoms with E-state index in [0.717, 1.165) is 16.4 Å². The van der Waals surface area contributed by atoms with Crippen molar-refractivity contribution in [2.45, 2.75) is 0 Å². The first-order valence-electron chi connectivity index (χ1n) is 5.65. The summed E-state index contributed by atoms with van der Waals surface area (Å²) >= 11 is 5.89. The smallest absolute Gasteiger partial charge is 0.141 e. The van der Waals surface area contributed by atoms with Gasteiger partial charge in [0.25, 0.3) is 0 Å². The lowest BCUT2D eigenvalue weighted by Gasteiger charge is -2.05.